The highest BCUT2D eigenvalue weighted by Gasteiger charge is 2.22. The molecule has 1 aromatic rings. The molecule has 1 aliphatic rings. The predicted octanol–water partition coefficient (Wildman–Crippen LogP) is 0.339. The first-order chi connectivity index (χ1) is 8.76. The quantitative estimate of drug-likeness (QED) is 0.721. The van der Waals surface area contributed by atoms with Gasteiger partial charge in [0, 0.05) is 26.2 Å². The van der Waals surface area contributed by atoms with E-state index in [0.29, 0.717) is 5.75 Å². The van der Waals surface area contributed by atoms with Crippen LogP contribution in [0.1, 0.15) is 11.6 Å². The molecule has 0 aliphatic carbocycles. The van der Waals surface area contributed by atoms with Gasteiger partial charge in [0.1, 0.15) is 0 Å². The van der Waals surface area contributed by atoms with Crippen molar-refractivity contribution in [1.82, 2.24) is 10.2 Å². The van der Waals surface area contributed by atoms with Gasteiger partial charge in [0.2, 0.25) is 0 Å². The number of ether oxygens (including phenoxy) is 1. The lowest BCUT2D eigenvalue weighted by atomic mass is 10.0. The summed E-state index contributed by atoms with van der Waals surface area (Å²) < 4.78 is 5.11. The summed E-state index contributed by atoms with van der Waals surface area (Å²) in [5, 5.41) is 22.5. The standard InChI is InChI=1S/C13H20N2O3/c1-18-13-8-10(2-3-12(13)17)11(9-16)15-6-4-14-5-7-15/h2-3,8,11,14,16-17H,4-7,9H2,1H3. The van der Waals surface area contributed by atoms with Gasteiger partial charge in [-0.15, -0.1) is 0 Å². The van der Waals surface area contributed by atoms with Gasteiger partial charge in [0.25, 0.3) is 0 Å². The zero-order chi connectivity index (χ0) is 13.0. The number of nitrogens with zero attached hydrogens (tertiary/aromatic N) is 1. The molecule has 18 heavy (non-hydrogen) atoms. The molecule has 5 heteroatoms. The second-order valence-corrected chi connectivity index (χ2v) is 4.42. The Morgan fingerprint density at radius 2 is 2.11 bits per heavy atom. The first-order valence-electron chi connectivity index (χ1n) is 6.18. The number of hydrogen-bond acceptors (Lipinski definition) is 5. The Morgan fingerprint density at radius 3 is 2.72 bits per heavy atom. The van der Waals surface area contributed by atoms with Crippen LogP contribution in [0.2, 0.25) is 0 Å². The number of piperazine rings is 1. The van der Waals surface area contributed by atoms with Gasteiger partial charge in [-0.1, -0.05) is 6.07 Å². The summed E-state index contributed by atoms with van der Waals surface area (Å²) in [4.78, 5) is 2.24. The maximum Gasteiger partial charge on any atom is 0.160 e. The summed E-state index contributed by atoms with van der Waals surface area (Å²) >= 11 is 0. The van der Waals surface area contributed by atoms with Crippen LogP contribution in [0, 0.1) is 0 Å². The molecule has 2 rings (SSSR count). The minimum atomic E-state index is -0.0402. The molecule has 1 aromatic carbocycles. The number of methoxy groups -OCH3 is 1. The normalized spacial score (nSPS) is 18.6. The summed E-state index contributed by atoms with van der Waals surface area (Å²) in [6.07, 6.45) is 0. The van der Waals surface area contributed by atoms with E-state index in [1.165, 1.54) is 7.11 Å². The molecule has 1 saturated heterocycles. The van der Waals surface area contributed by atoms with Gasteiger partial charge < -0.3 is 20.3 Å². The van der Waals surface area contributed by atoms with Gasteiger partial charge >= 0.3 is 0 Å². The molecular formula is C13H20N2O3. The van der Waals surface area contributed by atoms with Crippen molar-refractivity contribution in [2.75, 3.05) is 39.9 Å². The Labute approximate surface area is 107 Å². The minimum absolute atomic E-state index is 0.0402. The summed E-state index contributed by atoms with van der Waals surface area (Å²) in [5.41, 5.74) is 0.967. The molecule has 100 valence electrons. The van der Waals surface area contributed by atoms with Gasteiger partial charge in [-0.05, 0) is 17.7 Å². The second kappa shape index (κ2) is 6.04. The van der Waals surface area contributed by atoms with Crippen LogP contribution in [-0.4, -0.2) is 55.0 Å². The van der Waals surface area contributed by atoms with E-state index >= 15 is 0 Å². The molecule has 1 unspecified atom stereocenters. The molecule has 0 aromatic heterocycles. The Kier molecular flexibility index (Phi) is 4.41. The number of phenols is 1. The number of aliphatic hydroxyl groups excluding tert-OH is 1. The smallest absolute Gasteiger partial charge is 0.160 e. The average molecular weight is 252 g/mol. The van der Waals surface area contributed by atoms with Crippen LogP contribution in [-0.2, 0) is 0 Å². The van der Waals surface area contributed by atoms with E-state index in [1.807, 2.05) is 6.07 Å². The van der Waals surface area contributed by atoms with Crippen LogP contribution in [0.5, 0.6) is 11.5 Å². The molecule has 1 fully saturated rings. The van der Waals surface area contributed by atoms with Gasteiger partial charge in [0.15, 0.2) is 11.5 Å². The number of aromatic hydroxyl groups is 1. The molecule has 0 radical (unpaired) electrons. The zero-order valence-corrected chi connectivity index (χ0v) is 10.6. The highest BCUT2D eigenvalue weighted by molar-refractivity contribution is 5.42. The molecule has 1 aliphatic heterocycles. The summed E-state index contributed by atoms with van der Waals surface area (Å²) in [5.74, 6) is 0.569. The maximum atomic E-state index is 9.60. The Balaban J connectivity index is 2.20. The number of nitrogens with one attached hydrogen (secondary N) is 1. The molecular weight excluding hydrogens is 232 g/mol. The molecule has 1 heterocycles. The largest absolute Gasteiger partial charge is 0.504 e. The lowest BCUT2D eigenvalue weighted by Gasteiger charge is -2.34. The van der Waals surface area contributed by atoms with Crippen molar-refractivity contribution >= 4 is 0 Å². The van der Waals surface area contributed by atoms with Crippen molar-refractivity contribution in [3.05, 3.63) is 23.8 Å². The van der Waals surface area contributed by atoms with Gasteiger partial charge in [0.05, 0.1) is 19.8 Å². The van der Waals surface area contributed by atoms with Crippen molar-refractivity contribution in [1.29, 1.82) is 0 Å². The topological polar surface area (TPSA) is 65.0 Å². The molecule has 1 atom stereocenters. The van der Waals surface area contributed by atoms with Crippen LogP contribution >= 0.6 is 0 Å². The third-order valence-electron chi connectivity index (χ3n) is 3.35. The SMILES string of the molecule is COc1cc(C(CO)N2CCNCC2)ccc1O. The number of aliphatic hydroxyl groups is 1. The third kappa shape index (κ3) is 2.75. The van der Waals surface area contributed by atoms with Crippen molar-refractivity contribution in [3.8, 4) is 11.5 Å². The minimum Gasteiger partial charge on any atom is -0.504 e. The van der Waals surface area contributed by atoms with Crippen LogP contribution in [0.25, 0.3) is 0 Å². The van der Waals surface area contributed by atoms with Gasteiger partial charge in [-0.3, -0.25) is 4.90 Å². The van der Waals surface area contributed by atoms with Crippen molar-refractivity contribution in [2.24, 2.45) is 0 Å². The summed E-state index contributed by atoms with van der Waals surface area (Å²) in [6.45, 7) is 3.76. The van der Waals surface area contributed by atoms with E-state index in [9.17, 15) is 10.2 Å². The van der Waals surface area contributed by atoms with Crippen molar-refractivity contribution in [3.63, 3.8) is 0 Å². The molecule has 5 nitrogen and oxygen atoms in total. The first kappa shape index (κ1) is 13.1. The van der Waals surface area contributed by atoms with Crippen LogP contribution in [0.3, 0.4) is 0 Å². The number of hydrogen-bond donors (Lipinski definition) is 3. The monoisotopic (exact) mass is 252 g/mol. The van der Waals surface area contributed by atoms with Crippen LogP contribution in [0.15, 0.2) is 18.2 Å². The molecule has 3 N–H and O–H groups in total. The maximum absolute atomic E-state index is 9.60. The second-order valence-electron chi connectivity index (χ2n) is 4.42. The van der Waals surface area contributed by atoms with E-state index in [4.69, 9.17) is 4.74 Å². The van der Waals surface area contributed by atoms with Crippen LogP contribution < -0.4 is 10.1 Å². The molecule has 0 saturated carbocycles. The predicted molar refractivity (Wildman–Crippen MR) is 68.9 cm³/mol. The fourth-order valence-electron chi connectivity index (χ4n) is 2.33. The fourth-order valence-corrected chi connectivity index (χ4v) is 2.33. The zero-order valence-electron chi connectivity index (χ0n) is 10.6. The number of rotatable bonds is 4. The van der Waals surface area contributed by atoms with Crippen molar-refractivity contribution < 1.29 is 14.9 Å². The first-order valence-corrected chi connectivity index (χ1v) is 6.18. The Morgan fingerprint density at radius 1 is 1.39 bits per heavy atom. The number of phenolic OH excluding ortho intramolecular Hbond substituents is 1. The Bertz CT molecular complexity index is 392. The van der Waals surface area contributed by atoms with E-state index < -0.39 is 0 Å². The third-order valence-corrected chi connectivity index (χ3v) is 3.35. The van der Waals surface area contributed by atoms with E-state index in [0.717, 1.165) is 31.7 Å². The van der Waals surface area contributed by atoms with E-state index in [1.54, 1.807) is 12.1 Å². The highest BCUT2D eigenvalue weighted by atomic mass is 16.5. The van der Waals surface area contributed by atoms with Gasteiger partial charge in [-0.2, -0.15) is 0 Å². The molecule has 0 bridgehead atoms. The Hall–Kier alpha value is -1.30. The molecule has 0 spiro atoms. The van der Waals surface area contributed by atoms with Gasteiger partial charge in [-0.25, -0.2) is 0 Å². The van der Waals surface area contributed by atoms with E-state index in [-0.39, 0.29) is 18.4 Å². The van der Waals surface area contributed by atoms with Crippen LogP contribution in [0.4, 0.5) is 0 Å². The average Bonchev–Trinajstić information content (AvgIpc) is 2.42. The lowest BCUT2D eigenvalue weighted by molar-refractivity contribution is 0.110. The number of benzene rings is 1. The summed E-state index contributed by atoms with van der Waals surface area (Å²) in [6, 6.07) is 5.19. The molecule has 0 amide bonds. The lowest BCUT2D eigenvalue weighted by Crippen LogP contribution is -2.46. The fraction of sp³-hybridized carbons (Fsp3) is 0.538. The highest BCUT2D eigenvalue weighted by Crippen LogP contribution is 2.31. The summed E-state index contributed by atoms with van der Waals surface area (Å²) in [7, 11) is 1.53. The van der Waals surface area contributed by atoms with Crippen molar-refractivity contribution in [2.45, 2.75) is 6.04 Å². The van der Waals surface area contributed by atoms with E-state index in [2.05, 4.69) is 10.2 Å².